The van der Waals surface area contributed by atoms with Gasteiger partial charge in [-0.3, -0.25) is 4.68 Å². The molecule has 0 spiro atoms. The maximum atomic E-state index is 5.44. The highest BCUT2D eigenvalue weighted by Gasteiger charge is 2.23. The van der Waals surface area contributed by atoms with Gasteiger partial charge in [0.15, 0.2) is 11.5 Å². The van der Waals surface area contributed by atoms with Crippen LogP contribution in [0.3, 0.4) is 0 Å². The van der Waals surface area contributed by atoms with Gasteiger partial charge in [0.1, 0.15) is 12.1 Å². The fourth-order valence-electron chi connectivity index (χ4n) is 3.24. The highest BCUT2D eigenvalue weighted by Crippen LogP contribution is 2.35. The van der Waals surface area contributed by atoms with Crippen LogP contribution < -0.4 is 14.4 Å². The summed E-state index contributed by atoms with van der Waals surface area (Å²) in [4.78, 5) is 11.2. The Bertz CT molecular complexity index is 905. The molecular formula is C17H19N5O2. The molecule has 4 rings (SSSR count). The van der Waals surface area contributed by atoms with Gasteiger partial charge in [-0.1, -0.05) is 0 Å². The van der Waals surface area contributed by atoms with Crippen LogP contribution in [0.4, 0.5) is 5.82 Å². The lowest BCUT2D eigenvalue weighted by Gasteiger charge is -2.29. The van der Waals surface area contributed by atoms with Gasteiger partial charge in [-0.25, -0.2) is 9.97 Å². The van der Waals surface area contributed by atoms with Crippen molar-refractivity contribution in [2.45, 2.75) is 13.0 Å². The number of rotatable bonds is 3. The van der Waals surface area contributed by atoms with Crippen molar-refractivity contribution in [3.8, 4) is 11.5 Å². The molecule has 0 amide bonds. The first-order valence-electron chi connectivity index (χ1n) is 7.82. The van der Waals surface area contributed by atoms with E-state index in [0.29, 0.717) is 11.5 Å². The first-order valence-corrected chi connectivity index (χ1v) is 7.82. The Morgan fingerprint density at radius 2 is 1.88 bits per heavy atom. The van der Waals surface area contributed by atoms with Crippen molar-refractivity contribution >= 4 is 16.7 Å². The molecule has 0 atom stereocenters. The van der Waals surface area contributed by atoms with Gasteiger partial charge in [-0.2, -0.15) is 5.10 Å². The summed E-state index contributed by atoms with van der Waals surface area (Å²) in [5.74, 6) is 2.26. The van der Waals surface area contributed by atoms with Crippen LogP contribution in [-0.2, 0) is 20.0 Å². The van der Waals surface area contributed by atoms with E-state index < -0.39 is 0 Å². The largest absolute Gasteiger partial charge is 0.493 e. The summed E-state index contributed by atoms with van der Waals surface area (Å²) in [7, 11) is 5.24. The van der Waals surface area contributed by atoms with Crippen molar-refractivity contribution in [1.29, 1.82) is 0 Å². The van der Waals surface area contributed by atoms with E-state index in [9.17, 15) is 0 Å². The van der Waals surface area contributed by atoms with E-state index in [2.05, 4.69) is 20.0 Å². The number of aromatic nitrogens is 4. The first kappa shape index (κ1) is 14.7. The van der Waals surface area contributed by atoms with E-state index in [4.69, 9.17) is 9.47 Å². The molecule has 7 heteroatoms. The fraction of sp³-hybridized carbons (Fsp3) is 0.353. The smallest absolute Gasteiger partial charge is 0.162 e. The molecule has 0 aliphatic carbocycles. The van der Waals surface area contributed by atoms with Crippen molar-refractivity contribution in [1.82, 2.24) is 19.7 Å². The third kappa shape index (κ3) is 2.24. The van der Waals surface area contributed by atoms with Crippen molar-refractivity contribution in [2.75, 3.05) is 25.7 Å². The number of fused-ring (bicyclic) bond motifs is 2. The normalized spacial score (nSPS) is 13.9. The second kappa shape index (κ2) is 5.67. The zero-order valence-corrected chi connectivity index (χ0v) is 14.0. The zero-order chi connectivity index (χ0) is 16.7. The number of nitrogens with zero attached hydrogens (tertiary/aromatic N) is 5. The third-order valence-electron chi connectivity index (χ3n) is 4.56. The van der Waals surface area contributed by atoms with Crippen LogP contribution in [-0.4, -0.2) is 40.5 Å². The van der Waals surface area contributed by atoms with E-state index in [1.54, 1.807) is 20.5 Å². The topological polar surface area (TPSA) is 65.3 Å². The van der Waals surface area contributed by atoms with Crippen LogP contribution in [0.2, 0.25) is 0 Å². The van der Waals surface area contributed by atoms with Gasteiger partial charge in [0, 0.05) is 25.0 Å². The lowest BCUT2D eigenvalue weighted by molar-refractivity contribution is 0.356. The summed E-state index contributed by atoms with van der Waals surface area (Å²) < 4.78 is 12.7. The van der Waals surface area contributed by atoms with E-state index in [1.165, 1.54) is 11.3 Å². The van der Waals surface area contributed by atoms with Gasteiger partial charge in [-0.15, -0.1) is 0 Å². The highest BCUT2D eigenvalue weighted by molar-refractivity contribution is 5.92. The molecule has 0 bridgehead atoms. The molecule has 124 valence electrons. The summed E-state index contributed by atoms with van der Waals surface area (Å²) in [5, 5.41) is 5.32. The van der Waals surface area contributed by atoms with Crippen LogP contribution in [0, 0.1) is 0 Å². The minimum absolute atomic E-state index is 0.669. The molecule has 1 aromatic carbocycles. The van der Waals surface area contributed by atoms with E-state index in [-0.39, 0.29) is 0 Å². The Morgan fingerprint density at radius 3 is 2.67 bits per heavy atom. The summed E-state index contributed by atoms with van der Waals surface area (Å²) in [5.41, 5.74) is 3.38. The maximum absolute atomic E-state index is 5.44. The molecule has 1 aliphatic rings. The molecule has 0 N–H and O–H groups in total. The Morgan fingerprint density at radius 1 is 1.08 bits per heavy atom. The van der Waals surface area contributed by atoms with Crippen LogP contribution in [0.25, 0.3) is 10.9 Å². The van der Waals surface area contributed by atoms with Crippen LogP contribution in [0.15, 0.2) is 24.7 Å². The number of hydrogen-bond acceptors (Lipinski definition) is 6. The van der Waals surface area contributed by atoms with Gasteiger partial charge in [-0.05, 0) is 18.1 Å². The minimum Gasteiger partial charge on any atom is -0.493 e. The molecule has 24 heavy (non-hydrogen) atoms. The maximum Gasteiger partial charge on any atom is 0.162 e. The second-order valence-electron chi connectivity index (χ2n) is 5.83. The van der Waals surface area contributed by atoms with E-state index in [1.807, 2.05) is 30.1 Å². The summed E-state index contributed by atoms with van der Waals surface area (Å²) in [6.45, 7) is 1.69. The minimum atomic E-state index is 0.669. The Hall–Kier alpha value is -2.83. The first-order chi connectivity index (χ1) is 11.7. The predicted octanol–water partition coefficient (Wildman–Crippen LogP) is 1.94. The van der Waals surface area contributed by atoms with Crippen LogP contribution >= 0.6 is 0 Å². The monoisotopic (exact) mass is 325 g/mol. The average Bonchev–Trinajstić information content (AvgIpc) is 3.00. The van der Waals surface area contributed by atoms with E-state index in [0.717, 1.165) is 36.2 Å². The number of ether oxygens (including phenoxy) is 2. The van der Waals surface area contributed by atoms with Gasteiger partial charge in [0.25, 0.3) is 0 Å². The number of hydrogen-bond donors (Lipinski definition) is 0. The predicted molar refractivity (Wildman–Crippen MR) is 90.6 cm³/mol. The summed E-state index contributed by atoms with van der Waals surface area (Å²) >= 11 is 0. The third-order valence-corrected chi connectivity index (χ3v) is 4.56. The molecule has 3 heterocycles. The van der Waals surface area contributed by atoms with Gasteiger partial charge in [0.05, 0.1) is 38.2 Å². The lowest BCUT2D eigenvalue weighted by Crippen LogP contribution is -2.32. The number of aryl methyl sites for hydroxylation is 1. The molecule has 1 aliphatic heterocycles. The molecule has 2 aromatic heterocycles. The standard InChI is InChI=1S/C17H19N5O2/c1-21-14-9-22(5-4-11(14)8-20-21)17-12-6-15(23-2)16(24-3)7-13(12)18-10-19-17/h6-8,10H,4-5,9H2,1-3H3. The van der Waals surface area contributed by atoms with Crippen molar-refractivity contribution in [3.63, 3.8) is 0 Å². The number of anilines is 1. The second-order valence-corrected chi connectivity index (χ2v) is 5.83. The summed E-state index contributed by atoms with van der Waals surface area (Å²) in [6.07, 6.45) is 4.52. The van der Waals surface area contributed by atoms with Crippen LogP contribution in [0.1, 0.15) is 11.3 Å². The Kier molecular flexibility index (Phi) is 3.48. The molecule has 0 fully saturated rings. The van der Waals surface area contributed by atoms with E-state index >= 15 is 0 Å². The van der Waals surface area contributed by atoms with Gasteiger partial charge in [0.2, 0.25) is 0 Å². The fourth-order valence-corrected chi connectivity index (χ4v) is 3.24. The summed E-state index contributed by atoms with van der Waals surface area (Å²) in [6, 6.07) is 3.83. The highest BCUT2D eigenvalue weighted by atomic mass is 16.5. The van der Waals surface area contributed by atoms with Crippen LogP contribution in [0.5, 0.6) is 11.5 Å². The molecular weight excluding hydrogens is 306 g/mol. The Balaban J connectivity index is 1.81. The average molecular weight is 325 g/mol. The molecule has 0 saturated carbocycles. The van der Waals surface area contributed by atoms with Crippen molar-refractivity contribution in [3.05, 3.63) is 35.9 Å². The van der Waals surface area contributed by atoms with Crippen molar-refractivity contribution in [2.24, 2.45) is 7.05 Å². The number of methoxy groups -OCH3 is 2. The zero-order valence-electron chi connectivity index (χ0n) is 14.0. The molecule has 3 aromatic rings. The molecule has 7 nitrogen and oxygen atoms in total. The molecule has 0 saturated heterocycles. The number of benzene rings is 1. The lowest BCUT2D eigenvalue weighted by atomic mass is 10.1. The van der Waals surface area contributed by atoms with Gasteiger partial charge >= 0.3 is 0 Å². The van der Waals surface area contributed by atoms with Crippen molar-refractivity contribution < 1.29 is 9.47 Å². The SMILES string of the molecule is COc1cc2ncnc(N3CCc4cnn(C)c4C3)c2cc1OC. The van der Waals surface area contributed by atoms with Gasteiger partial charge < -0.3 is 14.4 Å². The molecule has 0 unspecified atom stereocenters. The molecule has 0 radical (unpaired) electrons. The quantitative estimate of drug-likeness (QED) is 0.733. The Labute approximate surface area is 139 Å².